The summed E-state index contributed by atoms with van der Waals surface area (Å²) < 4.78 is 4.43. The van der Waals surface area contributed by atoms with Crippen LogP contribution in [-0.2, 0) is 9.59 Å². The maximum absolute atomic E-state index is 13.7. The van der Waals surface area contributed by atoms with Crippen molar-refractivity contribution in [1.29, 1.82) is 0 Å². The van der Waals surface area contributed by atoms with Crippen molar-refractivity contribution in [3.05, 3.63) is 102 Å². The second-order valence-electron chi connectivity index (χ2n) is 11.2. The quantitative estimate of drug-likeness (QED) is 0.161. The van der Waals surface area contributed by atoms with Crippen LogP contribution < -0.4 is 18.9 Å². The van der Waals surface area contributed by atoms with Gasteiger partial charge in [-0.1, -0.05) is 113 Å². The van der Waals surface area contributed by atoms with E-state index in [0.29, 0.717) is 0 Å². The molecule has 4 aromatic rings. The van der Waals surface area contributed by atoms with Crippen LogP contribution in [0.5, 0.6) is 0 Å². The molecule has 6 rings (SSSR count). The number of thiophene rings is 2. The van der Waals surface area contributed by atoms with Gasteiger partial charge in [-0.05, 0) is 36.1 Å². The van der Waals surface area contributed by atoms with Gasteiger partial charge in [-0.3, -0.25) is 9.59 Å². The lowest BCUT2D eigenvalue weighted by Crippen LogP contribution is -2.29. The van der Waals surface area contributed by atoms with Gasteiger partial charge in [-0.2, -0.15) is 0 Å². The Morgan fingerprint density at radius 1 is 0.548 bits per heavy atom. The predicted octanol–water partition coefficient (Wildman–Crippen LogP) is 7.35. The SMILES string of the molecule is CCCCCCN1C(=O)C(c2ccccc2)=c2s/c(=c3\cc4c(s3)=C(c3ccccc3)C(=O)N4CCCCCC)cc21. The summed E-state index contributed by atoms with van der Waals surface area (Å²) in [5, 5.41) is 0. The zero-order valence-electron chi connectivity index (χ0n) is 24.5. The van der Waals surface area contributed by atoms with E-state index in [-0.39, 0.29) is 11.8 Å². The molecular weight excluding hydrogens is 557 g/mol. The predicted molar refractivity (Wildman–Crippen MR) is 176 cm³/mol. The molecule has 0 bridgehead atoms. The topological polar surface area (TPSA) is 40.6 Å². The van der Waals surface area contributed by atoms with E-state index in [0.717, 1.165) is 90.6 Å². The van der Waals surface area contributed by atoms with Crippen molar-refractivity contribution >= 4 is 57.0 Å². The molecule has 2 aromatic heterocycles. The van der Waals surface area contributed by atoms with E-state index in [2.05, 4.69) is 26.0 Å². The number of anilines is 2. The largest absolute Gasteiger partial charge is 0.307 e. The highest BCUT2D eigenvalue weighted by molar-refractivity contribution is 7.12. The lowest BCUT2D eigenvalue weighted by molar-refractivity contribution is -0.113. The second-order valence-corrected chi connectivity index (χ2v) is 13.3. The van der Waals surface area contributed by atoms with Crippen LogP contribution in [0.3, 0.4) is 0 Å². The third kappa shape index (κ3) is 5.38. The molecule has 4 heterocycles. The molecule has 0 spiro atoms. The molecule has 4 nitrogen and oxygen atoms in total. The molecule has 0 radical (unpaired) electrons. The molecule has 2 aromatic carbocycles. The van der Waals surface area contributed by atoms with Crippen LogP contribution in [0.4, 0.5) is 11.4 Å². The summed E-state index contributed by atoms with van der Waals surface area (Å²) in [7, 11) is 0. The molecule has 0 aliphatic carbocycles. The van der Waals surface area contributed by atoms with E-state index in [4.69, 9.17) is 0 Å². The van der Waals surface area contributed by atoms with Crippen molar-refractivity contribution in [3.63, 3.8) is 0 Å². The van der Waals surface area contributed by atoms with Gasteiger partial charge in [-0.15, -0.1) is 22.7 Å². The maximum atomic E-state index is 13.7. The average Bonchev–Trinajstić information content (AvgIpc) is 3.74. The Morgan fingerprint density at radius 2 is 0.952 bits per heavy atom. The number of amides is 2. The number of hydrogen-bond acceptors (Lipinski definition) is 4. The minimum Gasteiger partial charge on any atom is -0.307 e. The Morgan fingerprint density at radius 3 is 1.33 bits per heavy atom. The van der Waals surface area contributed by atoms with Crippen LogP contribution in [0.15, 0.2) is 72.8 Å². The number of unbranched alkanes of at least 4 members (excludes halogenated alkanes) is 6. The molecule has 0 unspecified atom stereocenters. The van der Waals surface area contributed by atoms with Crippen molar-refractivity contribution in [2.45, 2.75) is 65.2 Å². The molecule has 2 aliphatic rings. The highest BCUT2D eigenvalue weighted by Crippen LogP contribution is 2.32. The standard InChI is InChI=1S/C36H38N2O2S2/c1-3-5-7-15-21-37-27-23-29(41-33(27)31(35(37)39)25-17-11-9-12-18-25)30-24-28-34(42-30)32(26-19-13-10-14-20-26)36(40)38(28)22-16-8-6-4-2/h9-14,17-20,23-24H,3-8,15-16,21-22H2,1-2H3/b30-29+. The van der Waals surface area contributed by atoms with Gasteiger partial charge in [0.05, 0.1) is 31.6 Å². The monoisotopic (exact) mass is 594 g/mol. The van der Waals surface area contributed by atoms with Crippen LogP contribution in [-0.4, -0.2) is 24.9 Å². The van der Waals surface area contributed by atoms with Crippen LogP contribution in [0.2, 0.25) is 0 Å². The van der Waals surface area contributed by atoms with Crippen LogP contribution in [0.1, 0.15) is 76.3 Å². The fraction of sp³-hybridized carbons (Fsp3) is 0.333. The number of hydrogen-bond donors (Lipinski definition) is 0. The van der Waals surface area contributed by atoms with Gasteiger partial charge in [0.15, 0.2) is 0 Å². The number of rotatable bonds is 12. The van der Waals surface area contributed by atoms with Crippen molar-refractivity contribution in [2.24, 2.45) is 0 Å². The minimum absolute atomic E-state index is 0.114. The van der Waals surface area contributed by atoms with E-state index in [1.165, 1.54) is 25.7 Å². The van der Waals surface area contributed by atoms with E-state index in [1.54, 1.807) is 22.7 Å². The Bertz CT molecular complexity index is 1670. The van der Waals surface area contributed by atoms with Gasteiger partial charge in [0, 0.05) is 22.2 Å². The summed E-state index contributed by atoms with van der Waals surface area (Å²) in [5.41, 5.74) is 5.64. The molecule has 216 valence electrons. The van der Waals surface area contributed by atoms with Crippen LogP contribution >= 0.6 is 22.7 Å². The third-order valence-corrected chi connectivity index (χ3v) is 10.7. The van der Waals surface area contributed by atoms with Gasteiger partial charge >= 0.3 is 0 Å². The molecule has 0 saturated heterocycles. The molecule has 0 atom stereocenters. The maximum Gasteiger partial charge on any atom is 0.260 e. The summed E-state index contributed by atoms with van der Waals surface area (Å²) >= 11 is 3.42. The molecule has 0 saturated carbocycles. The molecule has 0 fully saturated rings. The fourth-order valence-corrected chi connectivity index (χ4v) is 8.52. The first-order valence-corrected chi connectivity index (χ1v) is 17.0. The molecule has 2 amide bonds. The van der Waals surface area contributed by atoms with Crippen molar-refractivity contribution in [3.8, 4) is 0 Å². The highest BCUT2D eigenvalue weighted by Gasteiger charge is 2.33. The molecule has 2 aliphatic heterocycles. The zero-order valence-corrected chi connectivity index (χ0v) is 26.2. The van der Waals surface area contributed by atoms with Crippen LogP contribution in [0, 0.1) is 9.06 Å². The van der Waals surface area contributed by atoms with E-state index in [9.17, 15) is 9.59 Å². The number of carbonyl (C=O) groups excluding carboxylic acids is 2. The summed E-state index contributed by atoms with van der Waals surface area (Å²) in [5.74, 6) is 0.227. The Hall–Kier alpha value is -3.48. The molecule has 42 heavy (non-hydrogen) atoms. The number of benzene rings is 2. The fourth-order valence-electron chi connectivity index (χ4n) is 6.00. The van der Waals surface area contributed by atoms with Crippen LogP contribution in [0.25, 0.3) is 11.1 Å². The third-order valence-electron chi connectivity index (χ3n) is 8.22. The van der Waals surface area contributed by atoms with Gasteiger partial charge in [0.2, 0.25) is 0 Å². The van der Waals surface area contributed by atoms with Gasteiger partial charge in [-0.25, -0.2) is 0 Å². The van der Waals surface area contributed by atoms with E-state index >= 15 is 0 Å². The summed E-state index contributed by atoms with van der Waals surface area (Å²) in [4.78, 5) is 31.5. The van der Waals surface area contributed by atoms with Gasteiger partial charge in [0.25, 0.3) is 11.8 Å². The summed E-state index contributed by atoms with van der Waals surface area (Å²) in [6, 6.07) is 24.6. The van der Waals surface area contributed by atoms with Crippen molar-refractivity contribution in [2.75, 3.05) is 22.9 Å². The Labute approximate surface area is 255 Å². The van der Waals surface area contributed by atoms with E-state index in [1.807, 2.05) is 70.5 Å². The average molecular weight is 595 g/mol. The summed E-state index contributed by atoms with van der Waals surface area (Å²) in [6.45, 7) is 5.91. The Kier molecular flexibility index (Phi) is 8.73. The Balaban J connectivity index is 1.51. The number of nitrogens with zero attached hydrogens (tertiary/aromatic N) is 2. The van der Waals surface area contributed by atoms with Crippen molar-refractivity contribution < 1.29 is 9.59 Å². The minimum atomic E-state index is 0.114. The second kappa shape index (κ2) is 12.8. The van der Waals surface area contributed by atoms with Gasteiger partial charge in [0.1, 0.15) is 0 Å². The lowest BCUT2D eigenvalue weighted by atomic mass is 10.1. The first-order valence-electron chi connectivity index (χ1n) is 15.4. The first kappa shape index (κ1) is 28.6. The molecule has 6 heteroatoms. The van der Waals surface area contributed by atoms with Gasteiger partial charge < -0.3 is 9.80 Å². The highest BCUT2D eigenvalue weighted by atomic mass is 32.1. The summed E-state index contributed by atoms with van der Waals surface area (Å²) in [6.07, 6.45) is 8.99. The lowest BCUT2D eigenvalue weighted by Gasteiger charge is -2.18. The first-order chi connectivity index (χ1) is 20.6. The molecule has 0 N–H and O–H groups in total. The zero-order chi connectivity index (χ0) is 29.1. The van der Waals surface area contributed by atoms with E-state index < -0.39 is 0 Å². The number of carbonyl (C=O) groups is 2. The molecular formula is C36H38N2O2S2. The normalized spacial score (nSPS) is 15.2. The van der Waals surface area contributed by atoms with Crippen molar-refractivity contribution in [1.82, 2.24) is 0 Å². The smallest absolute Gasteiger partial charge is 0.260 e. The number of fused-ring (bicyclic) bond motifs is 2.